The van der Waals surface area contributed by atoms with Gasteiger partial charge in [0.25, 0.3) is 0 Å². The number of halogens is 1. The second kappa shape index (κ2) is 10.3. The van der Waals surface area contributed by atoms with Crippen molar-refractivity contribution >= 4 is 46.6 Å². The monoisotopic (exact) mass is 459 g/mol. The van der Waals surface area contributed by atoms with E-state index in [1.54, 1.807) is 55.1 Å². The molecular formula is C21H22ClN5O3S. The molecule has 1 aromatic heterocycles. The van der Waals surface area contributed by atoms with E-state index in [0.29, 0.717) is 33.1 Å². The van der Waals surface area contributed by atoms with Crippen LogP contribution in [-0.2, 0) is 23.1 Å². The Hall–Kier alpha value is -3.04. The van der Waals surface area contributed by atoms with Crippen LogP contribution in [0, 0.1) is 6.92 Å². The van der Waals surface area contributed by atoms with Crippen LogP contribution in [0.4, 0.5) is 11.4 Å². The maximum atomic E-state index is 12.3. The van der Waals surface area contributed by atoms with Gasteiger partial charge >= 0.3 is 0 Å². The lowest BCUT2D eigenvalue weighted by Gasteiger charge is -2.08. The van der Waals surface area contributed by atoms with Crippen LogP contribution in [0.25, 0.3) is 0 Å². The smallest absolute Gasteiger partial charge is 0.234 e. The van der Waals surface area contributed by atoms with Gasteiger partial charge in [-0.3, -0.25) is 9.59 Å². The van der Waals surface area contributed by atoms with Crippen molar-refractivity contribution in [3.05, 3.63) is 58.9 Å². The van der Waals surface area contributed by atoms with Crippen LogP contribution in [0.3, 0.4) is 0 Å². The van der Waals surface area contributed by atoms with Gasteiger partial charge in [-0.1, -0.05) is 35.5 Å². The zero-order chi connectivity index (χ0) is 22.4. The van der Waals surface area contributed by atoms with E-state index >= 15 is 0 Å². The molecule has 31 heavy (non-hydrogen) atoms. The predicted octanol–water partition coefficient (Wildman–Crippen LogP) is 3.70. The van der Waals surface area contributed by atoms with E-state index < -0.39 is 0 Å². The largest absolute Gasteiger partial charge is 0.497 e. The number of aryl methyl sites for hydroxylation is 1. The van der Waals surface area contributed by atoms with Crippen molar-refractivity contribution < 1.29 is 14.3 Å². The third-order valence-electron chi connectivity index (χ3n) is 4.39. The fourth-order valence-corrected chi connectivity index (χ4v) is 3.58. The summed E-state index contributed by atoms with van der Waals surface area (Å²) in [7, 11) is 3.33. The van der Waals surface area contributed by atoms with Gasteiger partial charge in [0.2, 0.25) is 11.8 Å². The average Bonchev–Trinajstić information content (AvgIpc) is 3.08. The van der Waals surface area contributed by atoms with Crippen LogP contribution in [-0.4, -0.2) is 39.4 Å². The van der Waals surface area contributed by atoms with E-state index in [1.807, 2.05) is 13.0 Å². The van der Waals surface area contributed by atoms with Gasteiger partial charge < -0.3 is 19.9 Å². The molecule has 0 atom stereocenters. The number of ether oxygens (including phenoxy) is 1. The molecule has 0 saturated carbocycles. The SMILES string of the molecule is COc1cccc(NC(=O)CSc2nnc(CC(=O)Nc3ccc(C)c(Cl)c3)n2C)c1. The summed E-state index contributed by atoms with van der Waals surface area (Å²) in [6.07, 6.45) is 0.0472. The van der Waals surface area contributed by atoms with Crippen molar-refractivity contribution in [1.82, 2.24) is 14.8 Å². The zero-order valence-corrected chi connectivity index (χ0v) is 18.9. The zero-order valence-electron chi connectivity index (χ0n) is 17.3. The Morgan fingerprint density at radius 3 is 2.58 bits per heavy atom. The maximum absolute atomic E-state index is 12.3. The molecule has 0 bridgehead atoms. The highest BCUT2D eigenvalue weighted by Crippen LogP contribution is 2.21. The molecule has 2 amide bonds. The quantitative estimate of drug-likeness (QED) is 0.498. The van der Waals surface area contributed by atoms with Gasteiger partial charge in [0.15, 0.2) is 5.16 Å². The first-order valence-electron chi connectivity index (χ1n) is 9.36. The van der Waals surface area contributed by atoms with Crippen molar-refractivity contribution in [3.8, 4) is 5.75 Å². The Morgan fingerprint density at radius 2 is 1.84 bits per heavy atom. The number of thioether (sulfide) groups is 1. The number of nitrogens with one attached hydrogen (secondary N) is 2. The van der Waals surface area contributed by atoms with Crippen LogP contribution >= 0.6 is 23.4 Å². The highest BCUT2D eigenvalue weighted by atomic mass is 35.5. The van der Waals surface area contributed by atoms with E-state index in [9.17, 15) is 9.59 Å². The van der Waals surface area contributed by atoms with Gasteiger partial charge in [0, 0.05) is 29.5 Å². The van der Waals surface area contributed by atoms with Crippen LogP contribution in [0.2, 0.25) is 5.02 Å². The van der Waals surface area contributed by atoms with Crippen molar-refractivity contribution in [1.29, 1.82) is 0 Å². The van der Waals surface area contributed by atoms with Gasteiger partial charge in [-0.25, -0.2) is 0 Å². The summed E-state index contributed by atoms with van der Waals surface area (Å²) in [5.41, 5.74) is 2.20. The summed E-state index contributed by atoms with van der Waals surface area (Å²) in [5.74, 6) is 0.887. The van der Waals surface area contributed by atoms with Crippen molar-refractivity contribution in [2.75, 3.05) is 23.5 Å². The van der Waals surface area contributed by atoms with Gasteiger partial charge in [0.1, 0.15) is 11.6 Å². The number of carbonyl (C=O) groups is 2. The standard InChI is InChI=1S/C21H22ClN5O3S/c1-13-7-8-15(10-17(13)22)23-19(28)11-18-25-26-21(27(18)2)31-12-20(29)24-14-5-4-6-16(9-14)30-3/h4-10H,11-12H2,1-3H3,(H,23,28)(H,24,29). The highest BCUT2D eigenvalue weighted by molar-refractivity contribution is 7.99. The molecule has 0 aliphatic carbocycles. The van der Waals surface area contributed by atoms with Gasteiger partial charge in [-0.2, -0.15) is 0 Å². The minimum absolute atomic E-state index is 0.0472. The molecule has 0 aliphatic heterocycles. The average molecular weight is 460 g/mol. The lowest BCUT2D eigenvalue weighted by atomic mass is 10.2. The molecule has 1 heterocycles. The van der Waals surface area contributed by atoms with Crippen molar-refractivity contribution in [3.63, 3.8) is 0 Å². The van der Waals surface area contributed by atoms with E-state index in [2.05, 4.69) is 20.8 Å². The summed E-state index contributed by atoms with van der Waals surface area (Å²) in [4.78, 5) is 24.6. The van der Waals surface area contributed by atoms with Gasteiger partial charge in [-0.05, 0) is 36.8 Å². The number of aromatic nitrogens is 3. The summed E-state index contributed by atoms with van der Waals surface area (Å²) in [6.45, 7) is 1.89. The number of methoxy groups -OCH3 is 1. The second-order valence-electron chi connectivity index (χ2n) is 6.72. The molecule has 3 rings (SSSR count). The third-order valence-corrected chi connectivity index (χ3v) is 5.81. The fourth-order valence-electron chi connectivity index (χ4n) is 2.67. The number of carbonyl (C=O) groups excluding carboxylic acids is 2. The van der Waals surface area contributed by atoms with Crippen LogP contribution in [0.5, 0.6) is 5.75 Å². The van der Waals surface area contributed by atoms with Gasteiger partial charge in [0.05, 0.1) is 19.3 Å². The molecule has 0 radical (unpaired) electrons. The van der Waals surface area contributed by atoms with Crippen LogP contribution < -0.4 is 15.4 Å². The molecule has 3 aromatic rings. The summed E-state index contributed by atoms with van der Waals surface area (Å²) >= 11 is 7.33. The maximum Gasteiger partial charge on any atom is 0.234 e. The first kappa shape index (κ1) is 22.6. The predicted molar refractivity (Wildman–Crippen MR) is 122 cm³/mol. The van der Waals surface area contributed by atoms with E-state index in [-0.39, 0.29) is 24.0 Å². The minimum Gasteiger partial charge on any atom is -0.497 e. The van der Waals surface area contributed by atoms with Crippen LogP contribution in [0.1, 0.15) is 11.4 Å². The van der Waals surface area contributed by atoms with Crippen molar-refractivity contribution in [2.45, 2.75) is 18.5 Å². The summed E-state index contributed by atoms with van der Waals surface area (Å²) < 4.78 is 6.85. The third kappa shape index (κ3) is 6.22. The number of hydrogen-bond acceptors (Lipinski definition) is 6. The minimum atomic E-state index is -0.234. The Balaban J connectivity index is 1.53. The Labute approximate surface area is 189 Å². The Morgan fingerprint density at radius 1 is 1.10 bits per heavy atom. The molecule has 0 fully saturated rings. The first-order chi connectivity index (χ1) is 14.9. The van der Waals surface area contributed by atoms with E-state index in [1.165, 1.54) is 11.8 Å². The van der Waals surface area contributed by atoms with Gasteiger partial charge in [-0.15, -0.1) is 10.2 Å². The summed E-state index contributed by atoms with van der Waals surface area (Å²) in [5, 5.41) is 14.9. The Bertz CT molecular complexity index is 1100. The molecule has 0 unspecified atom stereocenters. The lowest BCUT2D eigenvalue weighted by Crippen LogP contribution is -2.17. The number of rotatable bonds is 8. The summed E-state index contributed by atoms with van der Waals surface area (Å²) in [6, 6.07) is 12.5. The topological polar surface area (TPSA) is 98.1 Å². The molecule has 0 spiro atoms. The number of benzene rings is 2. The number of hydrogen-bond donors (Lipinski definition) is 2. The molecule has 2 aromatic carbocycles. The number of nitrogens with zero attached hydrogens (tertiary/aromatic N) is 3. The van der Waals surface area contributed by atoms with Crippen molar-refractivity contribution in [2.24, 2.45) is 7.05 Å². The number of amides is 2. The second-order valence-corrected chi connectivity index (χ2v) is 8.07. The molecule has 2 N–H and O–H groups in total. The normalized spacial score (nSPS) is 10.6. The molecule has 8 nitrogen and oxygen atoms in total. The molecular weight excluding hydrogens is 438 g/mol. The lowest BCUT2D eigenvalue weighted by molar-refractivity contribution is -0.116. The Kier molecular flexibility index (Phi) is 7.54. The van der Waals surface area contributed by atoms with E-state index in [0.717, 1.165) is 5.56 Å². The highest BCUT2D eigenvalue weighted by Gasteiger charge is 2.15. The molecule has 0 saturated heterocycles. The molecule has 10 heteroatoms. The molecule has 0 aliphatic rings. The molecule has 162 valence electrons. The number of anilines is 2. The van der Waals surface area contributed by atoms with E-state index in [4.69, 9.17) is 16.3 Å². The fraction of sp³-hybridized carbons (Fsp3) is 0.238. The van der Waals surface area contributed by atoms with Crippen LogP contribution in [0.15, 0.2) is 47.6 Å². The first-order valence-corrected chi connectivity index (χ1v) is 10.7.